The van der Waals surface area contributed by atoms with Crippen LogP contribution in [-0.2, 0) is 0 Å². The van der Waals surface area contributed by atoms with Gasteiger partial charge in [-0.05, 0) is 13.0 Å². The fourth-order valence-corrected chi connectivity index (χ4v) is 1.36. The molecule has 0 aromatic carbocycles. The molecule has 0 saturated heterocycles. The summed E-state index contributed by atoms with van der Waals surface area (Å²) in [7, 11) is 0. The van der Waals surface area contributed by atoms with Crippen molar-refractivity contribution in [2.45, 2.75) is 19.1 Å². The first-order valence-corrected chi connectivity index (χ1v) is 5.31. The van der Waals surface area contributed by atoms with E-state index in [-0.39, 0.29) is 5.82 Å². The van der Waals surface area contributed by atoms with Gasteiger partial charge in [-0.1, -0.05) is 0 Å². The molecule has 0 fully saturated rings. The molecule has 0 spiro atoms. The quantitative estimate of drug-likeness (QED) is 0.876. The highest BCUT2D eigenvalue weighted by molar-refractivity contribution is 5.88. The fourth-order valence-electron chi connectivity index (χ4n) is 1.36. The second-order valence-electron chi connectivity index (χ2n) is 3.79. The summed E-state index contributed by atoms with van der Waals surface area (Å²) in [6.07, 6.45) is -1.61. The van der Waals surface area contributed by atoms with Crippen LogP contribution in [0, 0.1) is 0 Å². The number of carbonyl (C=O) groups excluding carboxylic acids is 1. The van der Waals surface area contributed by atoms with Crippen molar-refractivity contribution in [3.05, 3.63) is 24.5 Å². The molecule has 0 aliphatic heterocycles. The van der Waals surface area contributed by atoms with Crippen molar-refractivity contribution in [3.8, 4) is 0 Å². The zero-order chi connectivity index (χ0) is 14.0. The van der Waals surface area contributed by atoms with Gasteiger partial charge in [-0.2, -0.15) is 22.8 Å². The number of fused-ring (bicyclic) bond motifs is 1. The van der Waals surface area contributed by atoms with Crippen LogP contribution in [0.15, 0.2) is 24.5 Å². The van der Waals surface area contributed by atoms with Crippen LogP contribution in [0.5, 0.6) is 0 Å². The highest BCUT2D eigenvalue weighted by Gasteiger charge is 2.37. The third-order valence-corrected chi connectivity index (χ3v) is 2.37. The molecule has 2 N–H and O–H groups in total. The maximum absolute atomic E-state index is 12.3. The number of halogens is 3. The Hall–Kier alpha value is -2.32. The molecule has 0 aliphatic rings. The van der Waals surface area contributed by atoms with Crippen LogP contribution in [0.25, 0.3) is 5.65 Å². The first kappa shape index (κ1) is 13.1. The van der Waals surface area contributed by atoms with Crippen LogP contribution in [0.1, 0.15) is 6.92 Å². The summed E-state index contributed by atoms with van der Waals surface area (Å²) in [4.78, 5) is 15.4. The van der Waals surface area contributed by atoms with Crippen molar-refractivity contribution in [2.75, 3.05) is 5.32 Å². The number of amides is 2. The van der Waals surface area contributed by atoms with Crippen LogP contribution in [0.3, 0.4) is 0 Å². The number of hydrogen-bond donors (Lipinski definition) is 2. The van der Waals surface area contributed by atoms with Crippen LogP contribution in [-0.4, -0.2) is 32.8 Å². The smallest absolute Gasteiger partial charge is 0.326 e. The lowest BCUT2D eigenvalue weighted by molar-refractivity contribution is -0.148. The van der Waals surface area contributed by atoms with Gasteiger partial charge in [0.2, 0.25) is 0 Å². The van der Waals surface area contributed by atoms with Gasteiger partial charge in [0.25, 0.3) is 0 Å². The molecule has 0 bridgehead atoms. The monoisotopic (exact) mass is 273 g/mol. The molecule has 2 amide bonds. The van der Waals surface area contributed by atoms with Gasteiger partial charge in [0, 0.05) is 12.3 Å². The van der Waals surface area contributed by atoms with E-state index >= 15 is 0 Å². The molecule has 2 aromatic rings. The Balaban J connectivity index is 2.09. The van der Waals surface area contributed by atoms with Gasteiger partial charge in [-0.15, -0.1) is 0 Å². The van der Waals surface area contributed by atoms with Crippen LogP contribution in [0.4, 0.5) is 23.8 Å². The van der Waals surface area contributed by atoms with E-state index in [1.165, 1.54) is 23.0 Å². The highest BCUT2D eigenvalue weighted by atomic mass is 19.4. The largest absolute Gasteiger partial charge is 0.408 e. The van der Waals surface area contributed by atoms with Gasteiger partial charge in [0.15, 0.2) is 5.65 Å². The number of alkyl halides is 3. The molecule has 6 nitrogen and oxygen atoms in total. The number of urea groups is 1. The van der Waals surface area contributed by atoms with Crippen molar-refractivity contribution < 1.29 is 18.0 Å². The lowest BCUT2D eigenvalue weighted by Crippen LogP contribution is -2.45. The average Bonchev–Trinajstić information content (AvgIpc) is 2.76. The van der Waals surface area contributed by atoms with Gasteiger partial charge in [0.1, 0.15) is 11.9 Å². The predicted octanol–water partition coefficient (Wildman–Crippen LogP) is 1.80. The van der Waals surface area contributed by atoms with E-state index in [0.717, 1.165) is 6.92 Å². The maximum atomic E-state index is 12.3. The number of aromatic nitrogens is 3. The third kappa shape index (κ3) is 2.92. The van der Waals surface area contributed by atoms with Crippen molar-refractivity contribution in [3.63, 3.8) is 0 Å². The Morgan fingerprint density at radius 1 is 1.37 bits per heavy atom. The maximum Gasteiger partial charge on any atom is 0.408 e. The van der Waals surface area contributed by atoms with Crippen LogP contribution >= 0.6 is 0 Å². The topological polar surface area (TPSA) is 71.3 Å². The molecule has 2 aromatic heterocycles. The Morgan fingerprint density at radius 3 is 2.79 bits per heavy atom. The zero-order valence-corrected chi connectivity index (χ0v) is 9.77. The first-order valence-electron chi connectivity index (χ1n) is 5.31. The molecular weight excluding hydrogens is 263 g/mol. The number of hydrogen-bond acceptors (Lipinski definition) is 3. The lowest BCUT2D eigenvalue weighted by Gasteiger charge is -2.17. The second-order valence-corrected chi connectivity index (χ2v) is 3.79. The van der Waals surface area contributed by atoms with Crippen molar-refractivity contribution in [2.24, 2.45) is 0 Å². The van der Waals surface area contributed by atoms with Gasteiger partial charge in [-0.25, -0.2) is 9.78 Å². The summed E-state index contributed by atoms with van der Waals surface area (Å²) < 4.78 is 38.1. The minimum atomic E-state index is -4.49. The van der Waals surface area contributed by atoms with E-state index in [9.17, 15) is 18.0 Å². The van der Waals surface area contributed by atoms with E-state index in [1.54, 1.807) is 11.4 Å². The summed E-state index contributed by atoms with van der Waals surface area (Å²) in [6, 6.07) is 0.120. The molecule has 102 valence electrons. The molecular formula is C10H10F3N5O. The molecule has 0 saturated carbocycles. The molecule has 19 heavy (non-hydrogen) atoms. The predicted molar refractivity (Wildman–Crippen MR) is 60.7 cm³/mol. The van der Waals surface area contributed by atoms with E-state index < -0.39 is 18.2 Å². The standard InChI is InChI=1S/C10H10F3N5O/c1-6(10(11,12)13)16-9(19)17-8-2-4-14-7-3-5-15-18(7)8/h2-6H,1H3,(H2,16,17,19). The first-order chi connectivity index (χ1) is 8.88. The molecule has 1 atom stereocenters. The summed E-state index contributed by atoms with van der Waals surface area (Å²) in [5.74, 6) is 0.224. The summed E-state index contributed by atoms with van der Waals surface area (Å²) >= 11 is 0. The van der Waals surface area contributed by atoms with Crippen molar-refractivity contribution >= 4 is 17.5 Å². The minimum Gasteiger partial charge on any atom is -0.326 e. The van der Waals surface area contributed by atoms with Crippen molar-refractivity contribution in [1.29, 1.82) is 0 Å². The zero-order valence-electron chi connectivity index (χ0n) is 9.77. The molecule has 2 rings (SSSR count). The number of nitrogens with one attached hydrogen (secondary N) is 2. The summed E-state index contributed by atoms with van der Waals surface area (Å²) in [5, 5.41) is 7.96. The Kier molecular flexibility index (Phi) is 3.28. The van der Waals surface area contributed by atoms with Gasteiger partial charge in [-0.3, -0.25) is 5.32 Å². The normalized spacial score (nSPS) is 13.3. The molecule has 0 radical (unpaired) electrons. The molecule has 0 aliphatic carbocycles. The Morgan fingerprint density at radius 2 is 2.11 bits per heavy atom. The molecule has 1 unspecified atom stereocenters. The lowest BCUT2D eigenvalue weighted by atomic mass is 10.3. The van der Waals surface area contributed by atoms with Gasteiger partial charge < -0.3 is 5.32 Å². The Bertz CT molecular complexity index is 594. The number of rotatable bonds is 2. The SMILES string of the molecule is CC(NC(=O)Nc1ccnc2ccnn12)C(F)(F)F. The van der Waals surface area contributed by atoms with E-state index in [0.29, 0.717) is 5.65 Å². The van der Waals surface area contributed by atoms with E-state index in [2.05, 4.69) is 15.4 Å². The summed E-state index contributed by atoms with van der Waals surface area (Å²) in [5.41, 5.74) is 0.474. The fraction of sp³-hybridized carbons (Fsp3) is 0.300. The van der Waals surface area contributed by atoms with Gasteiger partial charge in [0.05, 0.1) is 6.20 Å². The second kappa shape index (κ2) is 4.75. The third-order valence-electron chi connectivity index (χ3n) is 2.37. The van der Waals surface area contributed by atoms with Crippen LogP contribution in [0.2, 0.25) is 0 Å². The van der Waals surface area contributed by atoms with Crippen molar-refractivity contribution in [1.82, 2.24) is 19.9 Å². The van der Waals surface area contributed by atoms with Crippen LogP contribution < -0.4 is 10.6 Å². The number of carbonyl (C=O) groups is 1. The highest BCUT2D eigenvalue weighted by Crippen LogP contribution is 2.19. The van der Waals surface area contributed by atoms with E-state index in [4.69, 9.17) is 0 Å². The van der Waals surface area contributed by atoms with Gasteiger partial charge >= 0.3 is 12.2 Å². The summed E-state index contributed by atoms with van der Waals surface area (Å²) in [6.45, 7) is 0.857. The number of anilines is 1. The Labute approximate surface area is 105 Å². The number of nitrogens with zero attached hydrogens (tertiary/aromatic N) is 3. The molecule has 2 heterocycles. The molecule has 9 heteroatoms. The van der Waals surface area contributed by atoms with E-state index in [1.807, 2.05) is 0 Å². The minimum absolute atomic E-state index is 0.224. The average molecular weight is 273 g/mol.